The maximum atomic E-state index is 10.8. The molecule has 76 valence electrons. The maximum absolute atomic E-state index is 10.8. The van der Waals surface area contributed by atoms with E-state index in [1.165, 1.54) is 17.8 Å². The summed E-state index contributed by atoms with van der Waals surface area (Å²) in [4.78, 5) is 10.8. The van der Waals surface area contributed by atoms with Crippen LogP contribution in [0.3, 0.4) is 0 Å². The number of thioether (sulfide) groups is 1. The topological polar surface area (TPSA) is 75.1 Å². The molecule has 0 spiro atoms. The minimum Gasteiger partial charge on any atom is -0.478 e. The lowest BCUT2D eigenvalue weighted by Crippen LogP contribution is -2.07. The van der Waals surface area contributed by atoms with Crippen LogP contribution < -0.4 is 5.32 Å². The Hall–Kier alpha value is -1.30. The molecule has 1 heterocycles. The van der Waals surface area contributed by atoms with Gasteiger partial charge in [0.2, 0.25) is 0 Å². The average Bonchev–Trinajstić information content (AvgIpc) is 2.18. The SMILES string of the molecule is CCNc1cc(C(=O)O)c(SC)nn1. The fourth-order valence-electron chi connectivity index (χ4n) is 0.952. The second kappa shape index (κ2) is 4.80. The van der Waals surface area contributed by atoms with Gasteiger partial charge in [0.25, 0.3) is 0 Å². The van der Waals surface area contributed by atoms with Crippen LogP contribution in [-0.4, -0.2) is 34.1 Å². The van der Waals surface area contributed by atoms with Gasteiger partial charge in [0.1, 0.15) is 10.8 Å². The van der Waals surface area contributed by atoms with Gasteiger partial charge < -0.3 is 10.4 Å². The maximum Gasteiger partial charge on any atom is 0.338 e. The zero-order valence-electron chi connectivity index (χ0n) is 7.94. The predicted octanol–water partition coefficient (Wildman–Crippen LogP) is 1.33. The van der Waals surface area contributed by atoms with Gasteiger partial charge in [0.05, 0.1) is 5.56 Å². The lowest BCUT2D eigenvalue weighted by molar-refractivity contribution is 0.0692. The monoisotopic (exact) mass is 213 g/mol. The minimum atomic E-state index is -0.983. The first-order valence-corrected chi connectivity index (χ1v) is 5.30. The summed E-state index contributed by atoms with van der Waals surface area (Å²) in [5, 5.41) is 19.9. The first-order chi connectivity index (χ1) is 6.69. The summed E-state index contributed by atoms with van der Waals surface area (Å²) in [6.45, 7) is 2.59. The first-order valence-electron chi connectivity index (χ1n) is 4.08. The lowest BCUT2D eigenvalue weighted by atomic mass is 10.3. The summed E-state index contributed by atoms with van der Waals surface area (Å²) in [7, 11) is 0. The number of aromatic carboxylic acids is 1. The van der Waals surface area contributed by atoms with Gasteiger partial charge in [-0.2, -0.15) is 0 Å². The lowest BCUT2D eigenvalue weighted by Gasteiger charge is -2.04. The van der Waals surface area contributed by atoms with Crippen molar-refractivity contribution in [2.75, 3.05) is 18.1 Å². The number of anilines is 1. The number of rotatable bonds is 4. The number of aromatic nitrogens is 2. The van der Waals surface area contributed by atoms with Gasteiger partial charge >= 0.3 is 5.97 Å². The van der Waals surface area contributed by atoms with Crippen LogP contribution in [0.15, 0.2) is 11.1 Å². The number of carbonyl (C=O) groups is 1. The summed E-state index contributed by atoms with van der Waals surface area (Å²) in [5.74, 6) is -0.494. The third kappa shape index (κ3) is 2.35. The second-order valence-electron chi connectivity index (χ2n) is 2.49. The minimum absolute atomic E-state index is 0.184. The van der Waals surface area contributed by atoms with Gasteiger partial charge in [-0.1, -0.05) is 0 Å². The van der Waals surface area contributed by atoms with E-state index in [1.54, 1.807) is 6.26 Å². The zero-order chi connectivity index (χ0) is 10.6. The summed E-state index contributed by atoms with van der Waals surface area (Å²) in [6.07, 6.45) is 1.77. The van der Waals surface area contributed by atoms with Crippen LogP contribution in [-0.2, 0) is 0 Å². The molecule has 14 heavy (non-hydrogen) atoms. The van der Waals surface area contributed by atoms with E-state index in [1.807, 2.05) is 6.92 Å². The molecule has 0 saturated carbocycles. The van der Waals surface area contributed by atoms with Gasteiger partial charge in [-0.3, -0.25) is 0 Å². The molecule has 0 fully saturated rings. The number of nitrogens with zero attached hydrogens (tertiary/aromatic N) is 2. The molecule has 2 N–H and O–H groups in total. The highest BCUT2D eigenvalue weighted by atomic mass is 32.2. The third-order valence-electron chi connectivity index (χ3n) is 1.54. The molecule has 0 unspecified atom stereocenters. The van der Waals surface area contributed by atoms with Crippen molar-refractivity contribution >= 4 is 23.5 Å². The Bertz CT molecular complexity index is 343. The first kappa shape index (κ1) is 10.8. The van der Waals surface area contributed by atoms with Crippen molar-refractivity contribution in [2.45, 2.75) is 11.9 Å². The standard InChI is InChI=1S/C8H11N3O2S/c1-3-9-6-4-5(8(12)13)7(14-2)11-10-6/h4H,3H2,1-2H3,(H,9,10)(H,12,13). The Balaban J connectivity index is 3.07. The van der Waals surface area contributed by atoms with E-state index in [0.29, 0.717) is 17.4 Å². The highest BCUT2D eigenvalue weighted by molar-refractivity contribution is 7.98. The quantitative estimate of drug-likeness (QED) is 0.735. The van der Waals surface area contributed by atoms with Gasteiger partial charge in [0.15, 0.2) is 0 Å². The molecule has 0 aromatic carbocycles. The Morgan fingerprint density at radius 3 is 2.86 bits per heavy atom. The van der Waals surface area contributed by atoms with Crippen molar-refractivity contribution < 1.29 is 9.90 Å². The second-order valence-corrected chi connectivity index (χ2v) is 3.28. The van der Waals surface area contributed by atoms with Crippen LogP contribution in [0, 0.1) is 0 Å². The van der Waals surface area contributed by atoms with E-state index in [0.717, 1.165) is 0 Å². The smallest absolute Gasteiger partial charge is 0.338 e. The molecule has 0 atom stereocenters. The van der Waals surface area contributed by atoms with Crippen molar-refractivity contribution in [1.82, 2.24) is 10.2 Å². The van der Waals surface area contributed by atoms with Crippen LogP contribution in [0.25, 0.3) is 0 Å². The van der Waals surface area contributed by atoms with Crippen LogP contribution >= 0.6 is 11.8 Å². The van der Waals surface area contributed by atoms with E-state index < -0.39 is 5.97 Å². The number of carboxylic acids is 1. The molecule has 0 aliphatic carbocycles. The molecule has 0 radical (unpaired) electrons. The average molecular weight is 213 g/mol. The molecule has 0 saturated heterocycles. The van der Waals surface area contributed by atoms with Crippen LogP contribution in [0.2, 0.25) is 0 Å². The number of hydrogen-bond donors (Lipinski definition) is 2. The molecular weight excluding hydrogens is 202 g/mol. The highest BCUT2D eigenvalue weighted by Crippen LogP contribution is 2.18. The third-order valence-corrected chi connectivity index (χ3v) is 2.23. The van der Waals surface area contributed by atoms with Gasteiger partial charge in [-0.05, 0) is 19.2 Å². The Kier molecular flexibility index (Phi) is 3.70. The zero-order valence-corrected chi connectivity index (χ0v) is 8.76. The van der Waals surface area contributed by atoms with Gasteiger partial charge in [0, 0.05) is 6.54 Å². The Morgan fingerprint density at radius 1 is 1.64 bits per heavy atom. The van der Waals surface area contributed by atoms with Crippen molar-refractivity contribution in [2.24, 2.45) is 0 Å². The summed E-state index contributed by atoms with van der Waals surface area (Å²) >= 11 is 1.27. The molecule has 5 nitrogen and oxygen atoms in total. The van der Waals surface area contributed by atoms with Crippen molar-refractivity contribution in [3.63, 3.8) is 0 Å². The van der Waals surface area contributed by atoms with E-state index in [2.05, 4.69) is 15.5 Å². The van der Waals surface area contributed by atoms with E-state index >= 15 is 0 Å². The largest absolute Gasteiger partial charge is 0.478 e. The number of carboxylic acid groups (broad SMARTS) is 1. The predicted molar refractivity (Wildman–Crippen MR) is 54.9 cm³/mol. The molecular formula is C8H11N3O2S. The van der Waals surface area contributed by atoms with Crippen LogP contribution in [0.5, 0.6) is 0 Å². The van der Waals surface area contributed by atoms with E-state index in [-0.39, 0.29) is 5.56 Å². The molecule has 1 rings (SSSR count). The van der Waals surface area contributed by atoms with Crippen LogP contribution in [0.1, 0.15) is 17.3 Å². The molecule has 0 aliphatic heterocycles. The summed E-state index contributed by atoms with van der Waals surface area (Å²) in [6, 6.07) is 1.49. The highest BCUT2D eigenvalue weighted by Gasteiger charge is 2.12. The van der Waals surface area contributed by atoms with Gasteiger partial charge in [-0.25, -0.2) is 4.79 Å². The van der Waals surface area contributed by atoms with Crippen molar-refractivity contribution in [3.05, 3.63) is 11.6 Å². The molecule has 1 aromatic heterocycles. The van der Waals surface area contributed by atoms with Crippen molar-refractivity contribution in [1.29, 1.82) is 0 Å². The number of hydrogen-bond acceptors (Lipinski definition) is 5. The van der Waals surface area contributed by atoms with Crippen LogP contribution in [0.4, 0.5) is 5.82 Å². The molecule has 0 amide bonds. The molecule has 0 aliphatic rings. The van der Waals surface area contributed by atoms with E-state index in [4.69, 9.17) is 5.11 Å². The van der Waals surface area contributed by atoms with Crippen molar-refractivity contribution in [3.8, 4) is 0 Å². The van der Waals surface area contributed by atoms with E-state index in [9.17, 15) is 4.79 Å². The molecule has 6 heteroatoms. The number of nitrogens with one attached hydrogen (secondary N) is 1. The summed E-state index contributed by atoms with van der Waals surface area (Å²) < 4.78 is 0. The Labute approximate surface area is 85.9 Å². The summed E-state index contributed by atoms with van der Waals surface area (Å²) in [5.41, 5.74) is 0.184. The fraction of sp³-hybridized carbons (Fsp3) is 0.375. The fourth-order valence-corrected chi connectivity index (χ4v) is 1.44. The molecule has 1 aromatic rings. The normalized spacial score (nSPS) is 9.86. The molecule has 0 bridgehead atoms. The van der Waals surface area contributed by atoms with Gasteiger partial charge in [-0.15, -0.1) is 22.0 Å². The Morgan fingerprint density at radius 2 is 2.36 bits per heavy atom.